The van der Waals surface area contributed by atoms with Gasteiger partial charge in [-0.05, 0) is 50.2 Å². The highest BCUT2D eigenvalue weighted by Gasteiger charge is 2.10. The number of nitrogens with one attached hydrogen (secondary N) is 2. The summed E-state index contributed by atoms with van der Waals surface area (Å²) in [6, 6.07) is 13.1. The molecule has 2 amide bonds. The van der Waals surface area contributed by atoms with Crippen LogP contribution in [0.1, 0.15) is 24.2 Å². The Bertz CT molecular complexity index is 821. The Hall–Kier alpha value is -3.07. The second-order valence-electron chi connectivity index (χ2n) is 5.76. The molecule has 0 aliphatic heterocycles. The van der Waals surface area contributed by atoms with Crippen molar-refractivity contribution < 1.29 is 14.5 Å². The second kappa shape index (κ2) is 10.3. The van der Waals surface area contributed by atoms with Crippen LogP contribution in [-0.4, -0.2) is 35.6 Å². The lowest BCUT2D eigenvalue weighted by atomic mass is 10.2. The van der Waals surface area contributed by atoms with E-state index in [0.29, 0.717) is 5.56 Å². The van der Waals surface area contributed by atoms with Gasteiger partial charge in [-0.1, -0.05) is 0 Å². The van der Waals surface area contributed by atoms with Gasteiger partial charge in [-0.2, -0.15) is 0 Å². The summed E-state index contributed by atoms with van der Waals surface area (Å²) in [6.07, 6.45) is 0. The Balaban J connectivity index is 1.80. The molecule has 0 aliphatic rings. The first kappa shape index (κ1) is 21.2. The Morgan fingerprint density at radius 2 is 1.61 bits per heavy atom. The third-order valence-corrected chi connectivity index (χ3v) is 5.00. The fourth-order valence-electron chi connectivity index (χ4n) is 2.46. The molecule has 0 spiro atoms. The molecule has 0 saturated carbocycles. The zero-order chi connectivity index (χ0) is 20.5. The van der Waals surface area contributed by atoms with Crippen LogP contribution in [0.3, 0.4) is 0 Å². The van der Waals surface area contributed by atoms with Gasteiger partial charge in [0.25, 0.3) is 11.6 Å². The fraction of sp³-hybridized carbons (Fsp3) is 0.263. The zero-order valence-electron chi connectivity index (χ0n) is 15.7. The summed E-state index contributed by atoms with van der Waals surface area (Å²) in [5.74, 6) is -0.713. The van der Waals surface area contributed by atoms with Gasteiger partial charge in [0.2, 0.25) is 5.91 Å². The van der Waals surface area contributed by atoms with Crippen LogP contribution in [0.25, 0.3) is 0 Å². The minimum Gasteiger partial charge on any atom is -0.372 e. The molecule has 8 nitrogen and oxygen atoms in total. The lowest BCUT2D eigenvalue weighted by Crippen LogP contribution is -2.42. The standard InChI is InChI=1S/C19H22N4O4S/c1-3-22(4-2)15-7-5-14(6-8-15)19(25)21-20-18(24)13-28-17-11-9-16(10-12-17)23(26)27/h5-12H,3-4,13H2,1-2H3,(H,20,24)(H,21,25). The number of anilines is 1. The molecule has 2 rings (SSSR count). The van der Waals surface area contributed by atoms with E-state index in [0.717, 1.165) is 23.7 Å². The highest BCUT2D eigenvalue weighted by atomic mass is 32.2. The smallest absolute Gasteiger partial charge is 0.269 e. The summed E-state index contributed by atoms with van der Waals surface area (Å²) >= 11 is 1.22. The number of hydrazine groups is 1. The van der Waals surface area contributed by atoms with Crippen molar-refractivity contribution in [3.63, 3.8) is 0 Å². The number of thioether (sulfide) groups is 1. The van der Waals surface area contributed by atoms with Crippen LogP contribution in [0.2, 0.25) is 0 Å². The van der Waals surface area contributed by atoms with E-state index in [-0.39, 0.29) is 17.3 Å². The van der Waals surface area contributed by atoms with Crippen LogP contribution in [0, 0.1) is 10.1 Å². The van der Waals surface area contributed by atoms with Crippen LogP contribution in [0.15, 0.2) is 53.4 Å². The number of nitro groups is 1. The van der Waals surface area contributed by atoms with Crippen LogP contribution >= 0.6 is 11.8 Å². The monoisotopic (exact) mass is 402 g/mol. The second-order valence-corrected chi connectivity index (χ2v) is 6.81. The molecule has 0 radical (unpaired) electrons. The minimum absolute atomic E-state index is 0.00641. The number of hydrogen-bond acceptors (Lipinski definition) is 6. The topological polar surface area (TPSA) is 105 Å². The zero-order valence-corrected chi connectivity index (χ0v) is 16.5. The molecule has 28 heavy (non-hydrogen) atoms. The number of amides is 2. The number of nitrogens with zero attached hydrogens (tertiary/aromatic N) is 2. The largest absolute Gasteiger partial charge is 0.372 e. The predicted molar refractivity (Wildman–Crippen MR) is 109 cm³/mol. The van der Waals surface area contributed by atoms with Crippen molar-refractivity contribution in [1.82, 2.24) is 10.9 Å². The van der Waals surface area contributed by atoms with E-state index in [9.17, 15) is 19.7 Å². The Kier molecular flexibility index (Phi) is 7.82. The van der Waals surface area contributed by atoms with Gasteiger partial charge in [-0.15, -0.1) is 11.8 Å². The van der Waals surface area contributed by atoms with Crippen molar-refractivity contribution in [3.05, 3.63) is 64.2 Å². The van der Waals surface area contributed by atoms with Crippen LogP contribution in [0.4, 0.5) is 11.4 Å². The summed E-state index contributed by atoms with van der Waals surface area (Å²) < 4.78 is 0. The molecule has 0 unspecified atom stereocenters. The Labute approximate surface area is 167 Å². The molecule has 9 heteroatoms. The number of nitro benzene ring substituents is 1. The SMILES string of the molecule is CCN(CC)c1ccc(C(=O)NNC(=O)CSc2ccc([N+](=O)[O-])cc2)cc1. The first-order chi connectivity index (χ1) is 13.4. The number of hydrogen-bond donors (Lipinski definition) is 2. The van der Waals surface area contributed by atoms with Crippen LogP contribution in [0.5, 0.6) is 0 Å². The fourth-order valence-corrected chi connectivity index (χ4v) is 3.16. The highest BCUT2D eigenvalue weighted by molar-refractivity contribution is 8.00. The summed E-state index contributed by atoms with van der Waals surface area (Å²) in [5, 5.41) is 10.6. The summed E-state index contributed by atoms with van der Waals surface area (Å²) in [4.78, 5) is 37.0. The van der Waals surface area contributed by atoms with E-state index >= 15 is 0 Å². The van der Waals surface area contributed by atoms with Crippen molar-refractivity contribution in [2.45, 2.75) is 18.7 Å². The Morgan fingerprint density at radius 3 is 2.14 bits per heavy atom. The molecule has 0 saturated heterocycles. The maximum atomic E-state index is 12.1. The van der Waals surface area contributed by atoms with Crippen molar-refractivity contribution in [2.75, 3.05) is 23.7 Å². The van der Waals surface area contributed by atoms with Crippen molar-refractivity contribution in [1.29, 1.82) is 0 Å². The molecule has 0 aliphatic carbocycles. The van der Waals surface area contributed by atoms with Gasteiger partial charge in [-0.3, -0.25) is 30.6 Å². The van der Waals surface area contributed by atoms with E-state index in [4.69, 9.17) is 0 Å². The van der Waals surface area contributed by atoms with Crippen LogP contribution in [-0.2, 0) is 4.79 Å². The molecule has 0 bridgehead atoms. The van der Waals surface area contributed by atoms with Gasteiger partial charge in [0.15, 0.2) is 0 Å². The van der Waals surface area contributed by atoms with E-state index in [1.54, 1.807) is 24.3 Å². The number of carbonyl (C=O) groups excluding carboxylic acids is 2. The molecule has 148 valence electrons. The molecule has 2 aromatic rings. The van der Waals surface area contributed by atoms with Gasteiger partial charge in [0.05, 0.1) is 10.7 Å². The average molecular weight is 402 g/mol. The molecule has 0 fully saturated rings. The number of carbonyl (C=O) groups is 2. The third-order valence-electron chi connectivity index (χ3n) is 3.99. The average Bonchev–Trinajstić information content (AvgIpc) is 2.72. The summed E-state index contributed by atoms with van der Waals surface area (Å²) in [5.41, 5.74) is 6.21. The lowest BCUT2D eigenvalue weighted by Gasteiger charge is -2.21. The number of rotatable bonds is 8. The first-order valence-corrected chi connectivity index (χ1v) is 9.74. The lowest BCUT2D eigenvalue weighted by molar-refractivity contribution is -0.384. The molecular formula is C19H22N4O4S. The minimum atomic E-state index is -0.481. The van der Waals surface area contributed by atoms with Gasteiger partial charge in [-0.25, -0.2) is 0 Å². The maximum Gasteiger partial charge on any atom is 0.269 e. The van der Waals surface area contributed by atoms with E-state index in [1.807, 2.05) is 12.1 Å². The molecule has 0 atom stereocenters. The van der Waals surface area contributed by atoms with Gasteiger partial charge in [0.1, 0.15) is 0 Å². The highest BCUT2D eigenvalue weighted by Crippen LogP contribution is 2.21. The van der Waals surface area contributed by atoms with Gasteiger partial charge in [0, 0.05) is 41.4 Å². The van der Waals surface area contributed by atoms with Gasteiger partial charge >= 0.3 is 0 Å². The maximum absolute atomic E-state index is 12.1. The van der Waals surface area contributed by atoms with E-state index in [1.165, 1.54) is 23.9 Å². The molecule has 2 aromatic carbocycles. The van der Waals surface area contributed by atoms with Crippen molar-refractivity contribution in [2.24, 2.45) is 0 Å². The van der Waals surface area contributed by atoms with E-state index in [2.05, 4.69) is 29.6 Å². The quantitative estimate of drug-likeness (QED) is 0.400. The van der Waals surface area contributed by atoms with Gasteiger partial charge < -0.3 is 4.90 Å². The van der Waals surface area contributed by atoms with E-state index < -0.39 is 10.8 Å². The van der Waals surface area contributed by atoms with Crippen molar-refractivity contribution in [3.8, 4) is 0 Å². The molecule has 0 heterocycles. The molecule has 2 N–H and O–H groups in total. The number of non-ortho nitro benzene ring substituents is 1. The molecular weight excluding hydrogens is 380 g/mol. The van der Waals surface area contributed by atoms with Crippen molar-refractivity contribution >= 4 is 35.0 Å². The summed E-state index contributed by atoms with van der Waals surface area (Å²) in [7, 11) is 0. The Morgan fingerprint density at radius 1 is 1.00 bits per heavy atom. The predicted octanol–water partition coefficient (Wildman–Crippen LogP) is 2.99. The first-order valence-electron chi connectivity index (χ1n) is 8.76. The van der Waals surface area contributed by atoms with Crippen LogP contribution < -0.4 is 15.8 Å². The normalized spacial score (nSPS) is 10.2. The number of benzene rings is 2. The third kappa shape index (κ3) is 5.98. The molecule has 0 aromatic heterocycles. The summed E-state index contributed by atoms with van der Waals surface area (Å²) in [6.45, 7) is 5.89.